The van der Waals surface area contributed by atoms with Crippen molar-refractivity contribution in [3.05, 3.63) is 95.3 Å². The third-order valence-corrected chi connectivity index (χ3v) is 5.23. The molecule has 29 heavy (non-hydrogen) atoms. The first kappa shape index (κ1) is 10.4. The van der Waals surface area contributed by atoms with Gasteiger partial charge in [0, 0.05) is 26.5 Å². The lowest BCUT2D eigenvalue weighted by Crippen LogP contribution is -1.94. The molecule has 6 rings (SSSR count). The summed E-state index contributed by atoms with van der Waals surface area (Å²) in [7, 11) is 0. The Balaban J connectivity index is 1.74. The number of oxazole rings is 1. The number of hydrogen-bond donors (Lipinski definition) is 0. The second kappa shape index (κ2) is 6.33. The van der Waals surface area contributed by atoms with Gasteiger partial charge in [0.2, 0.25) is 5.89 Å². The number of hydrogen-bond acceptors (Lipinski definition) is 2. The smallest absolute Gasteiger partial charge is 0.227 e. The number of halogens is 1. The van der Waals surface area contributed by atoms with Crippen molar-refractivity contribution in [2.45, 2.75) is 0 Å². The highest BCUT2D eigenvalue weighted by atomic mass is 79.9. The van der Waals surface area contributed by atoms with Gasteiger partial charge in [-0.15, -0.1) is 0 Å². The Morgan fingerprint density at radius 1 is 0.862 bits per heavy atom. The van der Waals surface area contributed by atoms with Gasteiger partial charge in [0.1, 0.15) is 5.52 Å². The van der Waals surface area contributed by atoms with Crippen molar-refractivity contribution in [3.8, 4) is 17.1 Å². The van der Waals surface area contributed by atoms with E-state index in [-0.39, 0.29) is 46.0 Å². The van der Waals surface area contributed by atoms with E-state index in [1.54, 1.807) is 30.3 Å². The molecule has 0 saturated carbocycles. The summed E-state index contributed by atoms with van der Waals surface area (Å²) in [5.41, 5.74) is 2.37. The lowest BCUT2D eigenvalue weighted by Gasteiger charge is -2.08. The van der Waals surface area contributed by atoms with Crippen LogP contribution in [0.1, 0.15) is 11.0 Å². The van der Waals surface area contributed by atoms with E-state index >= 15 is 0 Å². The van der Waals surface area contributed by atoms with Crippen LogP contribution in [-0.2, 0) is 0 Å². The zero-order chi connectivity index (χ0) is 26.3. The summed E-state index contributed by atoms with van der Waals surface area (Å²) >= 11 is 3.42. The highest BCUT2D eigenvalue weighted by Gasteiger charge is 2.13. The Morgan fingerprint density at radius 3 is 2.34 bits per heavy atom. The van der Waals surface area contributed by atoms with Crippen molar-refractivity contribution >= 4 is 48.8 Å². The zero-order valence-corrected chi connectivity index (χ0v) is 16.3. The summed E-state index contributed by atoms with van der Waals surface area (Å²) in [6, 6.07) is 9.06. The van der Waals surface area contributed by atoms with Gasteiger partial charge < -0.3 is 8.98 Å². The van der Waals surface area contributed by atoms with Crippen LogP contribution in [0.3, 0.4) is 0 Å². The van der Waals surface area contributed by atoms with Crippen molar-refractivity contribution in [1.29, 1.82) is 0 Å². The van der Waals surface area contributed by atoms with Gasteiger partial charge in [0.15, 0.2) is 5.58 Å². The van der Waals surface area contributed by atoms with Crippen molar-refractivity contribution in [2.75, 3.05) is 0 Å². The SMILES string of the molecule is [2H]c1c([2H])c([2H])c2c(c1[2H])c1c([2H])c([2H])c([2H])c([2H])c1n2-c1cccc(-c2nc3cc(Br)ccc3o2)c1. The fraction of sp³-hybridized carbons (Fsp3) is 0. The number of benzene rings is 4. The van der Waals surface area contributed by atoms with Crippen LogP contribution in [0, 0.1) is 0 Å². The van der Waals surface area contributed by atoms with Crippen molar-refractivity contribution < 1.29 is 15.4 Å². The van der Waals surface area contributed by atoms with E-state index in [0.717, 1.165) is 4.47 Å². The van der Waals surface area contributed by atoms with Crippen LogP contribution >= 0.6 is 15.9 Å². The van der Waals surface area contributed by atoms with E-state index < -0.39 is 24.2 Å². The van der Waals surface area contributed by atoms with E-state index in [4.69, 9.17) is 15.4 Å². The van der Waals surface area contributed by atoms with Crippen LogP contribution in [0.25, 0.3) is 50.0 Å². The Kier molecular flexibility index (Phi) is 2.27. The zero-order valence-electron chi connectivity index (χ0n) is 22.7. The second-order valence-corrected chi connectivity index (χ2v) is 7.38. The highest BCUT2D eigenvalue weighted by Crippen LogP contribution is 2.33. The molecule has 0 unspecified atom stereocenters. The second-order valence-electron chi connectivity index (χ2n) is 6.46. The first-order valence-electron chi connectivity index (χ1n) is 12.8. The first-order chi connectivity index (χ1) is 17.6. The maximum atomic E-state index is 8.64. The number of para-hydroxylation sites is 2. The fourth-order valence-corrected chi connectivity index (χ4v) is 3.83. The van der Waals surface area contributed by atoms with Gasteiger partial charge in [-0.2, -0.15) is 0 Å². The number of fused-ring (bicyclic) bond motifs is 4. The summed E-state index contributed by atoms with van der Waals surface area (Å²) in [6.45, 7) is 0. The molecular formula is C25H15BrN2O. The lowest BCUT2D eigenvalue weighted by molar-refractivity contribution is 0.620. The molecule has 0 bridgehead atoms. The van der Waals surface area contributed by atoms with Crippen LogP contribution in [0.15, 0.2) is 99.7 Å². The van der Waals surface area contributed by atoms with E-state index in [1.807, 2.05) is 12.1 Å². The minimum Gasteiger partial charge on any atom is -0.436 e. The molecule has 0 saturated heterocycles. The fourth-order valence-electron chi connectivity index (χ4n) is 3.48. The number of aromatic nitrogens is 2. The molecule has 4 heteroatoms. The van der Waals surface area contributed by atoms with Gasteiger partial charge in [0.05, 0.1) is 22.0 Å². The predicted molar refractivity (Wildman–Crippen MR) is 121 cm³/mol. The minimum atomic E-state index is -0.477. The molecule has 0 aliphatic heterocycles. The Hall–Kier alpha value is -3.37. The number of nitrogens with zero attached hydrogens (tertiary/aromatic N) is 2. The molecule has 0 amide bonds. The average Bonchev–Trinajstić information content (AvgIpc) is 3.48. The highest BCUT2D eigenvalue weighted by molar-refractivity contribution is 9.10. The van der Waals surface area contributed by atoms with Crippen LogP contribution in [-0.4, -0.2) is 9.55 Å². The molecule has 0 aliphatic rings. The summed E-state index contributed by atoms with van der Waals surface area (Å²) in [4.78, 5) is 4.56. The Bertz CT molecular complexity index is 1870. The van der Waals surface area contributed by atoms with Crippen molar-refractivity contribution in [3.63, 3.8) is 0 Å². The minimum absolute atomic E-state index is 0.0325. The monoisotopic (exact) mass is 446 g/mol. The topological polar surface area (TPSA) is 31.0 Å². The predicted octanol–water partition coefficient (Wildman–Crippen LogP) is 7.35. The van der Waals surface area contributed by atoms with E-state index in [1.165, 1.54) is 4.57 Å². The number of rotatable bonds is 2. The van der Waals surface area contributed by atoms with Crippen molar-refractivity contribution in [2.24, 2.45) is 0 Å². The summed E-state index contributed by atoms with van der Waals surface area (Å²) < 4.78 is 75.4. The molecule has 138 valence electrons. The average molecular weight is 447 g/mol. The largest absolute Gasteiger partial charge is 0.436 e. The molecule has 0 N–H and O–H groups in total. The molecule has 0 atom stereocenters. The summed E-state index contributed by atoms with van der Waals surface area (Å²) in [5.74, 6) is 0.333. The third-order valence-electron chi connectivity index (χ3n) is 4.73. The first-order valence-corrected chi connectivity index (χ1v) is 9.57. The van der Waals surface area contributed by atoms with Gasteiger partial charge in [-0.25, -0.2) is 4.98 Å². The van der Waals surface area contributed by atoms with Gasteiger partial charge in [-0.1, -0.05) is 58.3 Å². The van der Waals surface area contributed by atoms with Crippen LogP contribution < -0.4 is 0 Å². The van der Waals surface area contributed by atoms with Crippen LogP contribution in [0.5, 0.6) is 0 Å². The molecule has 3 nitrogen and oxygen atoms in total. The Labute approximate surface area is 186 Å². The Morgan fingerprint density at radius 2 is 1.59 bits per heavy atom. The molecule has 0 radical (unpaired) electrons. The standard InChI is InChI=1S/C25H15BrN2O/c26-17-12-13-24-21(15-17)27-25(29-24)16-6-5-7-18(14-16)28-22-10-3-1-8-19(22)20-9-2-4-11-23(20)28/h1-15H/i1D,2D,3D,4D,8D,9D,10D,11D. The van der Waals surface area contributed by atoms with Crippen LogP contribution in [0.4, 0.5) is 0 Å². The summed E-state index contributed by atoms with van der Waals surface area (Å²) in [6.07, 6.45) is 0. The van der Waals surface area contributed by atoms with E-state index in [9.17, 15) is 0 Å². The van der Waals surface area contributed by atoms with E-state index in [0.29, 0.717) is 28.2 Å². The van der Waals surface area contributed by atoms with Gasteiger partial charge >= 0.3 is 0 Å². The maximum Gasteiger partial charge on any atom is 0.227 e. The molecular weight excluding hydrogens is 424 g/mol. The molecule has 0 aliphatic carbocycles. The van der Waals surface area contributed by atoms with Gasteiger partial charge in [-0.05, 0) is 48.5 Å². The van der Waals surface area contributed by atoms with Gasteiger partial charge in [0.25, 0.3) is 0 Å². The lowest BCUT2D eigenvalue weighted by atomic mass is 10.2. The molecule has 4 aromatic carbocycles. The molecule has 2 aromatic heterocycles. The molecule has 2 heterocycles. The molecule has 0 spiro atoms. The normalized spacial score (nSPS) is 15.5. The van der Waals surface area contributed by atoms with Gasteiger partial charge in [-0.3, -0.25) is 0 Å². The quantitative estimate of drug-likeness (QED) is 0.278. The third kappa shape index (κ3) is 2.60. The molecule has 0 fully saturated rings. The van der Waals surface area contributed by atoms with Crippen molar-refractivity contribution in [1.82, 2.24) is 9.55 Å². The van der Waals surface area contributed by atoms with Crippen LogP contribution in [0.2, 0.25) is 0 Å². The van der Waals surface area contributed by atoms with E-state index in [2.05, 4.69) is 20.9 Å². The summed E-state index contributed by atoms with van der Waals surface area (Å²) in [5, 5.41) is 0.0650. The molecule has 6 aromatic rings. The maximum absolute atomic E-state index is 8.64.